The van der Waals surface area contributed by atoms with Crippen LogP contribution >= 0.6 is 0 Å². The van der Waals surface area contributed by atoms with Gasteiger partial charge in [-0.25, -0.2) is 0 Å². The number of hydrogen-bond donors (Lipinski definition) is 3. The number of carbonyl (C=O) groups is 2. The van der Waals surface area contributed by atoms with Gasteiger partial charge in [-0.1, -0.05) is 13.0 Å². The lowest BCUT2D eigenvalue weighted by atomic mass is 10.2. The first kappa shape index (κ1) is 20.3. The van der Waals surface area contributed by atoms with Crippen LogP contribution in [0.2, 0.25) is 0 Å². The summed E-state index contributed by atoms with van der Waals surface area (Å²) >= 11 is 0. The lowest BCUT2D eigenvalue weighted by molar-refractivity contribution is -0.114. The van der Waals surface area contributed by atoms with Crippen molar-refractivity contribution in [1.82, 2.24) is 5.32 Å². The number of carbonyl (C=O) groups excluding carboxylic acids is 2. The molecule has 2 rings (SSSR count). The van der Waals surface area contributed by atoms with Crippen molar-refractivity contribution in [2.75, 3.05) is 23.7 Å². The number of benzene rings is 2. The van der Waals surface area contributed by atoms with Gasteiger partial charge >= 0.3 is 0 Å². The van der Waals surface area contributed by atoms with Crippen LogP contribution in [0.3, 0.4) is 0 Å². The summed E-state index contributed by atoms with van der Waals surface area (Å²) in [7, 11) is 0. The van der Waals surface area contributed by atoms with Gasteiger partial charge in [0.25, 0.3) is 5.91 Å². The highest BCUT2D eigenvalue weighted by atomic mass is 16.5. The molecule has 2 aromatic rings. The minimum Gasteiger partial charge on any atom is -0.491 e. The molecule has 6 nitrogen and oxygen atoms in total. The van der Waals surface area contributed by atoms with E-state index in [1.54, 1.807) is 18.2 Å². The molecule has 0 bridgehead atoms. The molecule has 1 unspecified atom stereocenters. The van der Waals surface area contributed by atoms with Gasteiger partial charge in [0.1, 0.15) is 5.75 Å². The van der Waals surface area contributed by atoms with Crippen LogP contribution in [0.15, 0.2) is 48.5 Å². The van der Waals surface area contributed by atoms with Gasteiger partial charge in [0.2, 0.25) is 5.91 Å². The third kappa shape index (κ3) is 6.66. The molecule has 0 aliphatic rings. The van der Waals surface area contributed by atoms with Crippen LogP contribution in [0.25, 0.3) is 0 Å². The van der Waals surface area contributed by atoms with Gasteiger partial charge in [-0.3, -0.25) is 9.59 Å². The van der Waals surface area contributed by atoms with Crippen LogP contribution in [0.5, 0.6) is 5.75 Å². The third-order valence-corrected chi connectivity index (χ3v) is 3.97. The average Bonchev–Trinajstić information content (AvgIpc) is 2.68. The third-order valence-electron chi connectivity index (χ3n) is 3.97. The van der Waals surface area contributed by atoms with E-state index in [2.05, 4.69) is 22.9 Å². The topological polar surface area (TPSA) is 79.5 Å². The summed E-state index contributed by atoms with van der Waals surface area (Å²) in [5, 5.41) is 8.61. The Morgan fingerprint density at radius 1 is 1.04 bits per heavy atom. The van der Waals surface area contributed by atoms with Crippen LogP contribution in [-0.2, 0) is 4.79 Å². The summed E-state index contributed by atoms with van der Waals surface area (Å²) in [5.74, 6) is 0.474. The molecule has 3 N–H and O–H groups in total. The van der Waals surface area contributed by atoms with Gasteiger partial charge in [0.15, 0.2) is 0 Å². The standard InChI is InChI=1S/C21H27N3O3/c1-4-15(3)27-19-11-9-17(10-12-19)24-20(25)14-23-18-8-6-7-16(13-18)21(26)22-5-2/h6-13,15,23H,4-5,14H2,1-3H3,(H,22,26)(H,24,25). The largest absolute Gasteiger partial charge is 0.491 e. The molecule has 0 aliphatic carbocycles. The molecule has 2 amide bonds. The summed E-state index contributed by atoms with van der Waals surface area (Å²) in [6.45, 7) is 6.62. The zero-order valence-electron chi connectivity index (χ0n) is 16.0. The maximum absolute atomic E-state index is 12.1. The van der Waals surface area contributed by atoms with Crippen LogP contribution in [0, 0.1) is 0 Å². The number of ether oxygens (including phenoxy) is 1. The number of rotatable bonds is 9. The highest BCUT2D eigenvalue weighted by Gasteiger charge is 2.07. The van der Waals surface area contributed by atoms with E-state index in [4.69, 9.17) is 4.74 Å². The highest BCUT2D eigenvalue weighted by Crippen LogP contribution is 2.17. The van der Waals surface area contributed by atoms with E-state index in [1.165, 1.54) is 0 Å². The lowest BCUT2D eigenvalue weighted by Gasteiger charge is -2.13. The number of hydrogen-bond acceptors (Lipinski definition) is 4. The Kier molecular flexibility index (Phi) is 7.67. The average molecular weight is 369 g/mol. The number of amides is 2. The van der Waals surface area contributed by atoms with Gasteiger partial charge in [0, 0.05) is 23.5 Å². The summed E-state index contributed by atoms with van der Waals surface area (Å²) in [6, 6.07) is 14.4. The fourth-order valence-corrected chi connectivity index (χ4v) is 2.35. The molecule has 1 atom stereocenters. The van der Waals surface area contributed by atoms with E-state index in [-0.39, 0.29) is 24.5 Å². The van der Waals surface area contributed by atoms with Crippen molar-refractivity contribution in [2.45, 2.75) is 33.3 Å². The fourth-order valence-electron chi connectivity index (χ4n) is 2.35. The molecule has 0 saturated carbocycles. The molecule has 6 heteroatoms. The smallest absolute Gasteiger partial charge is 0.251 e. The molecule has 0 aromatic heterocycles. The Hall–Kier alpha value is -3.02. The molecular weight excluding hydrogens is 342 g/mol. The number of nitrogens with one attached hydrogen (secondary N) is 3. The fraction of sp³-hybridized carbons (Fsp3) is 0.333. The Morgan fingerprint density at radius 2 is 1.78 bits per heavy atom. The van der Waals surface area contributed by atoms with Crippen molar-refractivity contribution >= 4 is 23.2 Å². The van der Waals surface area contributed by atoms with Crippen LogP contribution in [0.4, 0.5) is 11.4 Å². The molecule has 0 radical (unpaired) electrons. The van der Waals surface area contributed by atoms with Crippen LogP contribution in [0.1, 0.15) is 37.6 Å². The van der Waals surface area contributed by atoms with E-state index in [1.807, 2.05) is 44.2 Å². The normalized spacial score (nSPS) is 11.4. The summed E-state index contributed by atoms with van der Waals surface area (Å²) < 4.78 is 5.72. The van der Waals surface area contributed by atoms with Crippen molar-refractivity contribution in [1.29, 1.82) is 0 Å². The molecular formula is C21H27N3O3. The van der Waals surface area contributed by atoms with E-state index in [9.17, 15) is 9.59 Å². The summed E-state index contributed by atoms with van der Waals surface area (Å²) in [6.07, 6.45) is 1.09. The quantitative estimate of drug-likeness (QED) is 0.630. The van der Waals surface area contributed by atoms with Gasteiger partial charge in [0.05, 0.1) is 12.6 Å². The molecule has 27 heavy (non-hydrogen) atoms. The van der Waals surface area contributed by atoms with E-state index in [0.717, 1.165) is 12.2 Å². The molecule has 144 valence electrons. The Balaban J connectivity index is 1.85. The molecule has 0 aliphatic heterocycles. The van der Waals surface area contributed by atoms with E-state index < -0.39 is 0 Å². The number of anilines is 2. The maximum Gasteiger partial charge on any atom is 0.251 e. The van der Waals surface area contributed by atoms with Crippen molar-refractivity contribution < 1.29 is 14.3 Å². The van der Waals surface area contributed by atoms with Crippen molar-refractivity contribution in [3.63, 3.8) is 0 Å². The van der Waals surface area contributed by atoms with Crippen LogP contribution < -0.4 is 20.7 Å². The second-order valence-corrected chi connectivity index (χ2v) is 6.20. The monoisotopic (exact) mass is 369 g/mol. The zero-order chi connectivity index (χ0) is 19.6. The van der Waals surface area contributed by atoms with Crippen molar-refractivity contribution in [2.24, 2.45) is 0 Å². The van der Waals surface area contributed by atoms with Gasteiger partial charge < -0.3 is 20.7 Å². The van der Waals surface area contributed by atoms with Crippen molar-refractivity contribution in [3.05, 3.63) is 54.1 Å². The second-order valence-electron chi connectivity index (χ2n) is 6.20. The minimum atomic E-state index is -0.172. The lowest BCUT2D eigenvalue weighted by Crippen LogP contribution is -2.23. The Bertz CT molecular complexity index is 760. The molecule has 0 spiro atoms. The van der Waals surface area contributed by atoms with Gasteiger partial charge in [-0.15, -0.1) is 0 Å². The first-order valence-corrected chi connectivity index (χ1v) is 9.20. The van der Waals surface area contributed by atoms with E-state index in [0.29, 0.717) is 23.5 Å². The minimum absolute atomic E-state index is 0.101. The predicted octanol–water partition coefficient (Wildman–Crippen LogP) is 3.66. The SMILES string of the molecule is CCNC(=O)c1cccc(NCC(=O)Nc2ccc(OC(C)CC)cc2)c1. The molecule has 0 fully saturated rings. The second kappa shape index (κ2) is 10.2. The first-order valence-electron chi connectivity index (χ1n) is 9.20. The van der Waals surface area contributed by atoms with Gasteiger partial charge in [-0.05, 0) is 62.7 Å². The van der Waals surface area contributed by atoms with E-state index >= 15 is 0 Å². The Morgan fingerprint density at radius 3 is 2.44 bits per heavy atom. The first-order chi connectivity index (χ1) is 13.0. The van der Waals surface area contributed by atoms with Crippen LogP contribution in [-0.4, -0.2) is 31.0 Å². The molecule has 0 saturated heterocycles. The summed E-state index contributed by atoms with van der Waals surface area (Å²) in [5.41, 5.74) is 1.97. The van der Waals surface area contributed by atoms with Gasteiger partial charge in [-0.2, -0.15) is 0 Å². The zero-order valence-corrected chi connectivity index (χ0v) is 16.0. The summed E-state index contributed by atoms with van der Waals surface area (Å²) in [4.78, 5) is 24.0. The van der Waals surface area contributed by atoms with Crippen molar-refractivity contribution in [3.8, 4) is 5.75 Å². The Labute approximate surface area is 160 Å². The maximum atomic E-state index is 12.1. The molecule has 0 heterocycles. The molecule has 2 aromatic carbocycles. The highest BCUT2D eigenvalue weighted by molar-refractivity contribution is 5.96. The predicted molar refractivity (Wildman–Crippen MR) is 108 cm³/mol.